The van der Waals surface area contributed by atoms with Gasteiger partial charge < -0.3 is 0 Å². The third-order valence-electron chi connectivity index (χ3n) is 2.25. The molecule has 2 heteroatoms. The summed E-state index contributed by atoms with van der Waals surface area (Å²) < 4.78 is 1.42. The molecule has 0 aliphatic rings. The molecule has 1 heterocycles. The quantitative estimate of drug-likeness (QED) is 0.699. The molecule has 0 N–H and O–H groups in total. The molecule has 1 aromatic carbocycles. The minimum atomic E-state index is 1.24. The average Bonchev–Trinajstić information content (AvgIpc) is 2.60. The highest BCUT2D eigenvalue weighted by Crippen LogP contribution is 2.26. The van der Waals surface area contributed by atoms with Gasteiger partial charge in [-0.15, -0.1) is 11.3 Å². The lowest BCUT2D eigenvalue weighted by atomic mass is 10.2. The fraction of sp³-hybridized carbons (Fsp3) is 0.333. The number of hydrogen-bond acceptors (Lipinski definition) is 2. The standard InChI is InChI=1S/C12H14S2/c1-13-8-4-6-11-9-10-5-2-3-7-12(10)14-11/h2-3,5,7,9H,4,6,8H2,1H3. The van der Waals surface area contributed by atoms with Crippen molar-refractivity contribution in [2.75, 3.05) is 12.0 Å². The molecule has 0 saturated heterocycles. The van der Waals surface area contributed by atoms with Crippen molar-refractivity contribution in [1.29, 1.82) is 0 Å². The lowest BCUT2D eigenvalue weighted by molar-refractivity contribution is 0.954. The number of aryl methyl sites for hydroxylation is 1. The SMILES string of the molecule is CSCCCc1cc2ccccc2s1. The Hall–Kier alpha value is -0.470. The zero-order valence-electron chi connectivity index (χ0n) is 8.32. The molecule has 2 rings (SSSR count). The molecular formula is C12H14S2. The van der Waals surface area contributed by atoms with Crippen LogP contribution in [-0.2, 0) is 6.42 Å². The zero-order valence-corrected chi connectivity index (χ0v) is 9.96. The normalized spacial score (nSPS) is 10.9. The number of rotatable bonds is 4. The van der Waals surface area contributed by atoms with Crippen LogP contribution in [0.25, 0.3) is 10.1 Å². The van der Waals surface area contributed by atoms with Crippen molar-refractivity contribution < 1.29 is 0 Å². The summed E-state index contributed by atoms with van der Waals surface area (Å²) in [6.45, 7) is 0. The molecule has 0 aliphatic carbocycles. The van der Waals surface area contributed by atoms with E-state index in [4.69, 9.17) is 0 Å². The van der Waals surface area contributed by atoms with E-state index < -0.39 is 0 Å². The number of benzene rings is 1. The third kappa shape index (κ3) is 2.31. The molecule has 0 nitrogen and oxygen atoms in total. The van der Waals surface area contributed by atoms with Crippen molar-refractivity contribution in [3.05, 3.63) is 35.2 Å². The first kappa shape index (κ1) is 10.1. The molecule has 0 aliphatic heterocycles. The van der Waals surface area contributed by atoms with Crippen LogP contribution in [0.15, 0.2) is 30.3 Å². The summed E-state index contributed by atoms with van der Waals surface area (Å²) >= 11 is 3.87. The molecule has 0 saturated carbocycles. The summed E-state index contributed by atoms with van der Waals surface area (Å²) in [5, 5.41) is 1.40. The van der Waals surface area contributed by atoms with Crippen molar-refractivity contribution in [2.45, 2.75) is 12.8 Å². The molecule has 0 unspecified atom stereocenters. The zero-order chi connectivity index (χ0) is 9.80. The van der Waals surface area contributed by atoms with Gasteiger partial charge in [-0.2, -0.15) is 11.8 Å². The molecule has 14 heavy (non-hydrogen) atoms. The van der Waals surface area contributed by atoms with E-state index in [9.17, 15) is 0 Å². The van der Waals surface area contributed by atoms with Crippen LogP contribution in [0.5, 0.6) is 0 Å². The highest BCUT2D eigenvalue weighted by Gasteiger charge is 1.99. The van der Waals surface area contributed by atoms with Gasteiger partial charge in [0.15, 0.2) is 0 Å². The van der Waals surface area contributed by atoms with Crippen LogP contribution < -0.4 is 0 Å². The molecule has 74 valence electrons. The molecule has 0 radical (unpaired) electrons. The highest BCUT2D eigenvalue weighted by atomic mass is 32.2. The maximum Gasteiger partial charge on any atom is 0.0345 e. The maximum atomic E-state index is 2.33. The van der Waals surface area contributed by atoms with Crippen LogP contribution in [0.2, 0.25) is 0 Å². The molecule has 0 atom stereocenters. The molecule has 0 spiro atoms. The van der Waals surface area contributed by atoms with E-state index in [1.54, 1.807) is 0 Å². The van der Waals surface area contributed by atoms with E-state index >= 15 is 0 Å². The molecule has 2 aromatic rings. The van der Waals surface area contributed by atoms with Crippen molar-refractivity contribution in [1.82, 2.24) is 0 Å². The summed E-state index contributed by atoms with van der Waals surface area (Å²) in [7, 11) is 0. The van der Waals surface area contributed by atoms with Crippen LogP contribution >= 0.6 is 23.1 Å². The number of hydrogen-bond donors (Lipinski definition) is 0. The Balaban J connectivity index is 2.11. The Kier molecular flexibility index (Phi) is 3.49. The smallest absolute Gasteiger partial charge is 0.0345 e. The van der Waals surface area contributed by atoms with E-state index in [1.807, 2.05) is 23.1 Å². The highest BCUT2D eigenvalue weighted by molar-refractivity contribution is 7.98. The van der Waals surface area contributed by atoms with Gasteiger partial charge in [0.1, 0.15) is 0 Å². The van der Waals surface area contributed by atoms with Crippen molar-refractivity contribution >= 4 is 33.2 Å². The molecule has 0 amide bonds. The molecule has 1 aromatic heterocycles. The monoisotopic (exact) mass is 222 g/mol. The van der Waals surface area contributed by atoms with Gasteiger partial charge in [-0.3, -0.25) is 0 Å². The van der Waals surface area contributed by atoms with Crippen LogP contribution in [-0.4, -0.2) is 12.0 Å². The topological polar surface area (TPSA) is 0 Å². The van der Waals surface area contributed by atoms with Crippen molar-refractivity contribution in [2.24, 2.45) is 0 Å². The van der Waals surface area contributed by atoms with E-state index in [1.165, 1.54) is 33.6 Å². The van der Waals surface area contributed by atoms with Crippen molar-refractivity contribution in [3.63, 3.8) is 0 Å². The second kappa shape index (κ2) is 4.85. The second-order valence-corrected chi connectivity index (χ2v) is 5.50. The van der Waals surface area contributed by atoms with Crippen LogP contribution in [0.4, 0.5) is 0 Å². The minimum absolute atomic E-state index is 1.24. The van der Waals surface area contributed by atoms with E-state index in [2.05, 4.69) is 36.6 Å². The van der Waals surface area contributed by atoms with Crippen LogP contribution in [0.1, 0.15) is 11.3 Å². The number of fused-ring (bicyclic) bond motifs is 1. The van der Waals surface area contributed by atoms with Crippen LogP contribution in [0.3, 0.4) is 0 Å². The lowest BCUT2D eigenvalue weighted by Gasteiger charge is -1.93. The van der Waals surface area contributed by atoms with Crippen molar-refractivity contribution in [3.8, 4) is 0 Å². The summed E-state index contributed by atoms with van der Waals surface area (Å²) in [5.74, 6) is 1.27. The van der Waals surface area contributed by atoms with Gasteiger partial charge in [0.2, 0.25) is 0 Å². The molecular weight excluding hydrogens is 208 g/mol. The Morgan fingerprint density at radius 3 is 2.93 bits per heavy atom. The third-order valence-corrected chi connectivity index (χ3v) is 4.12. The largest absolute Gasteiger partial charge is 0.165 e. The summed E-state index contributed by atoms with van der Waals surface area (Å²) in [4.78, 5) is 1.53. The van der Waals surface area contributed by atoms with E-state index in [0.29, 0.717) is 0 Å². The Morgan fingerprint density at radius 1 is 1.29 bits per heavy atom. The first-order valence-electron chi connectivity index (χ1n) is 4.86. The minimum Gasteiger partial charge on any atom is -0.165 e. The average molecular weight is 222 g/mol. The number of thiophene rings is 1. The summed E-state index contributed by atoms with van der Waals surface area (Å²) in [6.07, 6.45) is 4.71. The van der Waals surface area contributed by atoms with Gasteiger partial charge in [-0.25, -0.2) is 0 Å². The van der Waals surface area contributed by atoms with Gasteiger partial charge in [-0.1, -0.05) is 18.2 Å². The van der Waals surface area contributed by atoms with Gasteiger partial charge in [0.25, 0.3) is 0 Å². The van der Waals surface area contributed by atoms with Gasteiger partial charge in [0.05, 0.1) is 0 Å². The van der Waals surface area contributed by atoms with Gasteiger partial charge in [-0.05, 0) is 42.4 Å². The maximum absolute atomic E-state index is 2.33. The van der Waals surface area contributed by atoms with Crippen LogP contribution in [0, 0.1) is 0 Å². The van der Waals surface area contributed by atoms with Gasteiger partial charge >= 0.3 is 0 Å². The fourth-order valence-corrected chi connectivity index (χ4v) is 3.09. The summed E-state index contributed by atoms with van der Waals surface area (Å²) in [6, 6.07) is 11.0. The fourth-order valence-electron chi connectivity index (χ4n) is 1.55. The predicted octanol–water partition coefficient (Wildman–Crippen LogP) is 4.20. The Bertz CT molecular complexity index is 370. The Labute approximate surface area is 93.3 Å². The molecule has 0 bridgehead atoms. The first-order chi connectivity index (χ1) is 6.90. The van der Waals surface area contributed by atoms with Gasteiger partial charge in [0, 0.05) is 9.58 Å². The summed E-state index contributed by atoms with van der Waals surface area (Å²) in [5.41, 5.74) is 0. The Morgan fingerprint density at radius 2 is 2.14 bits per heavy atom. The lowest BCUT2D eigenvalue weighted by Crippen LogP contribution is -1.82. The van der Waals surface area contributed by atoms with E-state index in [0.717, 1.165) is 0 Å². The number of thioether (sulfide) groups is 1. The van der Waals surface area contributed by atoms with E-state index in [-0.39, 0.29) is 0 Å². The molecule has 0 fully saturated rings. The predicted molar refractivity (Wildman–Crippen MR) is 68.5 cm³/mol. The first-order valence-corrected chi connectivity index (χ1v) is 7.07. The second-order valence-electron chi connectivity index (χ2n) is 3.35.